The van der Waals surface area contributed by atoms with Gasteiger partial charge in [0, 0.05) is 42.7 Å². The molecule has 1 unspecified atom stereocenters. The lowest BCUT2D eigenvalue weighted by atomic mass is 10.5. The number of carbonyl (C=O) groups is 1. The Balaban J connectivity index is 3.46. The Bertz CT molecular complexity index is 524. The second-order valence-electron chi connectivity index (χ2n) is 5.87. The third-order valence-corrected chi connectivity index (χ3v) is 3.66. The molecule has 1 aliphatic heterocycles. The molecule has 168 valence electrons. The number of guanidine groups is 2. The monoisotopic (exact) mass is 420 g/mol. The van der Waals surface area contributed by atoms with Gasteiger partial charge in [0.2, 0.25) is 18.3 Å². The van der Waals surface area contributed by atoms with Crippen molar-refractivity contribution in [3.05, 3.63) is 0 Å². The Labute approximate surface area is 171 Å². The molecule has 0 saturated carbocycles. The zero-order valence-electron chi connectivity index (χ0n) is 17.9. The smallest absolute Gasteiger partial charge is 0.230 e. The van der Waals surface area contributed by atoms with E-state index in [1.807, 2.05) is 0 Å². The van der Waals surface area contributed by atoms with Crippen LogP contribution in [0, 0.1) is 0 Å². The summed E-state index contributed by atoms with van der Waals surface area (Å²) in [4.78, 5) is 27.4. The summed E-state index contributed by atoms with van der Waals surface area (Å²) in [6.45, 7) is 0.880. The van der Waals surface area contributed by atoms with Crippen LogP contribution in [0.1, 0.15) is 0 Å². The molecular formula is C16H32N6O7. The Hall–Kier alpha value is -1.87. The summed E-state index contributed by atoms with van der Waals surface area (Å²) in [6, 6.07) is 0. The lowest BCUT2D eigenvalue weighted by molar-refractivity contribution is -0.120. The third-order valence-electron chi connectivity index (χ3n) is 3.66. The molecule has 0 spiro atoms. The fourth-order valence-corrected chi connectivity index (χ4v) is 2.62. The molecule has 0 N–H and O–H groups in total. The van der Waals surface area contributed by atoms with Crippen LogP contribution in [0.3, 0.4) is 0 Å². The summed E-state index contributed by atoms with van der Waals surface area (Å²) in [7, 11) is 9.26. The minimum absolute atomic E-state index is 0.00828. The first-order valence-corrected chi connectivity index (χ1v) is 8.69. The van der Waals surface area contributed by atoms with E-state index in [4.69, 9.17) is 33.4 Å². The molecule has 1 aliphatic rings. The number of amides is 1. The number of methoxy groups -OCH3 is 6. The SMILES string of the molecule is COCN(C=O)C1=NC(N(COC)COC)=NC(N(COC)COC)N1COC. The van der Waals surface area contributed by atoms with Crippen molar-refractivity contribution < 1.29 is 33.2 Å². The average Bonchev–Trinajstić information content (AvgIpc) is 2.72. The zero-order valence-corrected chi connectivity index (χ0v) is 17.9. The van der Waals surface area contributed by atoms with Gasteiger partial charge in [-0.15, -0.1) is 0 Å². The van der Waals surface area contributed by atoms with Crippen molar-refractivity contribution in [2.45, 2.75) is 6.29 Å². The summed E-state index contributed by atoms with van der Waals surface area (Å²) in [5.74, 6) is 0.592. The van der Waals surface area contributed by atoms with Gasteiger partial charge in [-0.05, 0) is 0 Å². The quantitative estimate of drug-likeness (QED) is 0.256. The highest BCUT2D eigenvalue weighted by molar-refractivity contribution is 6.00. The van der Waals surface area contributed by atoms with Gasteiger partial charge in [-0.1, -0.05) is 0 Å². The molecular weight excluding hydrogens is 388 g/mol. The van der Waals surface area contributed by atoms with E-state index >= 15 is 0 Å². The van der Waals surface area contributed by atoms with Gasteiger partial charge in [-0.3, -0.25) is 19.5 Å². The molecule has 0 saturated heterocycles. The van der Waals surface area contributed by atoms with E-state index in [-0.39, 0.29) is 46.3 Å². The molecule has 13 heteroatoms. The molecule has 13 nitrogen and oxygen atoms in total. The number of hydrogen-bond donors (Lipinski definition) is 0. The maximum absolute atomic E-state index is 11.7. The summed E-state index contributed by atoms with van der Waals surface area (Å²) in [5.41, 5.74) is 0. The highest BCUT2D eigenvalue weighted by atomic mass is 16.5. The first-order chi connectivity index (χ1) is 14.1. The Kier molecular flexibility index (Phi) is 12.3. The fraction of sp³-hybridized carbons (Fsp3) is 0.812. The summed E-state index contributed by atoms with van der Waals surface area (Å²) in [5, 5.41) is 0. The number of aliphatic imine (C=N–C) groups is 2. The molecule has 0 aromatic heterocycles. The first-order valence-electron chi connectivity index (χ1n) is 8.69. The summed E-state index contributed by atoms with van der Waals surface area (Å²) >= 11 is 0. The third kappa shape index (κ3) is 7.15. The summed E-state index contributed by atoms with van der Waals surface area (Å²) in [6.07, 6.45) is -0.0215. The van der Waals surface area contributed by atoms with E-state index in [1.165, 1.54) is 19.1 Å². The number of nitrogens with zero attached hydrogens (tertiary/aromatic N) is 6. The van der Waals surface area contributed by atoms with E-state index in [1.54, 1.807) is 43.1 Å². The molecule has 0 aliphatic carbocycles. The highest BCUT2D eigenvalue weighted by Gasteiger charge is 2.35. The molecule has 0 bridgehead atoms. The van der Waals surface area contributed by atoms with Crippen molar-refractivity contribution in [3.8, 4) is 0 Å². The predicted molar refractivity (Wildman–Crippen MR) is 103 cm³/mol. The van der Waals surface area contributed by atoms with Gasteiger partial charge >= 0.3 is 0 Å². The molecule has 0 aromatic carbocycles. The van der Waals surface area contributed by atoms with Crippen molar-refractivity contribution >= 4 is 18.3 Å². The number of hydrogen-bond acceptors (Lipinski definition) is 12. The number of ether oxygens (including phenoxy) is 6. The van der Waals surface area contributed by atoms with Gasteiger partial charge in [-0.25, -0.2) is 9.89 Å². The number of carbonyl (C=O) groups excluding carboxylic acids is 1. The largest absolute Gasteiger partial charge is 0.369 e. The maximum Gasteiger partial charge on any atom is 0.230 e. The van der Waals surface area contributed by atoms with E-state index in [2.05, 4.69) is 4.99 Å². The van der Waals surface area contributed by atoms with Crippen molar-refractivity contribution in [3.63, 3.8) is 0 Å². The molecule has 29 heavy (non-hydrogen) atoms. The molecule has 0 aromatic rings. The van der Waals surface area contributed by atoms with E-state index in [0.717, 1.165) is 0 Å². The predicted octanol–water partition coefficient (Wildman–Crippen LogP) is -1.02. The maximum atomic E-state index is 11.7. The lowest BCUT2D eigenvalue weighted by Gasteiger charge is -2.42. The van der Waals surface area contributed by atoms with Crippen molar-refractivity contribution in [2.75, 3.05) is 83.0 Å². The molecule has 1 amide bonds. The second-order valence-corrected chi connectivity index (χ2v) is 5.87. The van der Waals surface area contributed by atoms with Gasteiger partial charge in [0.1, 0.15) is 40.4 Å². The van der Waals surface area contributed by atoms with Crippen molar-refractivity contribution in [2.24, 2.45) is 9.98 Å². The Morgan fingerprint density at radius 3 is 1.86 bits per heavy atom. The van der Waals surface area contributed by atoms with Crippen LogP contribution < -0.4 is 0 Å². The Morgan fingerprint density at radius 2 is 1.41 bits per heavy atom. The minimum atomic E-state index is -0.645. The minimum Gasteiger partial charge on any atom is -0.369 e. The summed E-state index contributed by atoms with van der Waals surface area (Å²) < 4.78 is 31.5. The molecule has 1 atom stereocenters. The van der Waals surface area contributed by atoms with Crippen LogP contribution in [0.4, 0.5) is 0 Å². The van der Waals surface area contributed by atoms with E-state index < -0.39 is 6.29 Å². The normalized spacial score (nSPS) is 16.7. The molecule has 1 heterocycles. The van der Waals surface area contributed by atoms with Crippen LogP contribution in [0.15, 0.2) is 9.98 Å². The zero-order chi connectivity index (χ0) is 21.6. The van der Waals surface area contributed by atoms with Gasteiger partial charge in [0.05, 0.1) is 0 Å². The molecule has 1 rings (SSSR count). The second kappa shape index (κ2) is 14.2. The highest BCUT2D eigenvalue weighted by Crippen LogP contribution is 2.18. The topological polar surface area (TPSA) is 110 Å². The molecule has 0 fully saturated rings. The van der Waals surface area contributed by atoms with Crippen molar-refractivity contribution in [1.29, 1.82) is 0 Å². The standard InChI is InChI=1S/C16H32N6O7/c1-24-8-19(7-23)15-17-14(20(9-25-2)10-26-3)18-16(22(15)13-29-6)21(11-27-4)12-28-5/h7,16H,8-13H2,1-6H3. The van der Waals surface area contributed by atoms with Gasteiger partial charge in [0.15, 0.2) is 6.29 Å². The van der Waals surface area contributed by atoms with Gasteiger partial charge < -0.3 is 28.4 Å². The van der Waals surface area contributed by atoms with Gasteiger partial charge in [-0.2, -0.15) is 4.99 Å². The van der Waals surface area contributed by atoms with Crippen LogP contribution in [0.25, 0.3) is 0 Å². The molecule has 0 radical (unpaired) electrons. The van der Waals surface area contributed by atoms with Crippen LogP contribution >= 0.6 is 0 Å². The van der Waals surface area contributed by atoms with Crippen LogP contribution in [-0.4, -0.2) is 127 Å². The van der Waals surface area contributed by atoms with Crippen LogP contribution in [0.2, 0.25) is 0 Å². The lowest BCUT2D eigenvalue weighted by Crippen LogP contribution is -2.59. The first kappa shape index (κ1) is 25.2. The van der Waals surface area contributed by atoms with Crippen molar-refractivity contribution in [1.82, 2.24) is 19.6 Å². The Morgan fingerprint density at radius 1 is 0.862 bits per heavy atom. The van der Waals surface area contributed by atoms with E-state index in [9.17, 15) is 4.79 Å². The van der Waals surface area contributed by atoms with Gasteiger partial charge in [0.25, 0.3) is 0 Å². The van der Waals surface area contributed by atoms with Crippen LogP contribution in [-0.2, 0) is 33.2 Å². The fourth-order valence-electron chi connectivity index (χ4n) is 2.62. The average molecular weight is 420 g/mol. The van der Waals surface area contributed by atoms with Crippen LogP contribution in [0.5, 0.6) is 0 Å². The number of rotatable bonds is 14. The van der Waals surface area contributed by atoms with E-state index in [0.29, 0.717) is 12.4 Å².